The third kappa shape index (κ3) is 5.29. The number of rotatable bonds is 8. The Kier molecular flexibility index (Phi) is 7.31. The molecule has 7 nitrogen and oxygen atoms in total. The average molecular weight is 496 g/mol. The van der Waals surface area contributed by atoms with Gasteiger partial charge in [0.05, 0.1) is 23.4 Å². The lowest BCUT2D eigenvalue weighted by molar-refractivity contribution is -0.0794. The molecule has 2 aromatic heterocycles. The van der Waals surface area contributed by atoms with Gasteiger partial charge in [-0.1, -0.05) is 31.4 Å². The molecule has 0 aliphatic heterocycles. The fraction of sp³-hybridized carbons (Fsp3) is 0.625. The molecule has 2 fully saturated rings. The molecule has 0 atom stereocenters. The zero-order valence-electron chi connectivity index (χ0n) is 19.8. The Labute approximate surface area is 203 Å². The van der Waals surface area contributed by atoms with Gasteiger partial charge in [0, 0.05) is 44.2 Å². The monoisotopic (exact) mass is 495 g/mol. The molecule has 34 heavy (non-hydrogen) atoms. The lowest BCUT2D eigenvalue weighted by Crippen LogP contribution is -2.44. The van der Waals surface area contributed by atoms with Crippen LogP contribution in [0.3, 0.4) is 0 Å². The number of carbonyl (C=O) groups is 1. The summed E-state index contributed by atoms with van der Waals surface area (Å²) >= 11 is 6.67. The Balaban J connectivity index is 1.51. The first-order valence-electron chi connectivity index (χ1n) is 11.9. The van der Waals surface area contributed by atoms with E-state index in [1.54, 1.807) is 16.9 Å². The lowest BCUT2D eigenvalue weighted by atomic mass is 9.83. The molecule has 0 radical (unpaired) electrons. The smallest absolute Gasteiger partial charge is 0.273 e. The molecule has 186 valence electrons. The number of halogens is 3. The van der Waals surface area contributed by atoms with Gasteiger partial charge in [0.1, 0.15) is 11.6 Å². The van der Waals surface area contributed by atoms with Gasteiger partial charge >= 0.3 is 0 Å². The Morgan fingerprint density at radius 2 is 2.00 bits per heavy atom. The number of pyridine rings is 1. The predicted molar refractivity (Wildman–Crippen MR) is 128 cm³/mol. The molecule has 0 bridgehead atoms. The van der Waals surface area contributed by atoms with Crippen LogP contribution in [0.2, 0.25) is 5.02 Å². The van der Waals surface area contributed by atoms with Crippen molar-refractivity contribution >= 4 is 23.3 Å². The average Bonchev–Trinajstić information content (AvgIpc) is 3.13. The number of hydrogen-bond acceptors (Lipinski definition) is 5. The first kappa shape index (κ1) is 24.7. The second-order valence-electron chi connectivity index (χ2n) is 9.54. The van der Waals surface area contributed by atoms with E-state index in [1.165, 1.54) is 20.0 Å². The maximum absolute atomic E-state index is 13.2. The number of alkyl halides is 2. The van der Waals surface area contributed by atoms with Crippen LogP contribution in [0, 0.1) is 11.8 Å². The van der Waals surface area contributed by atoms with Gasteiger partial charge in [-0.25, -0.2) is 13.8 Å². The van der Waals surface area contributed by atoms with Crippen LogP contribution in [0.5, 0.6) is 5.75 Å². The predicted octanol–water partition coefficient (Wildman–Crippen LogP) is 5.39. The van der Waals surface area contributed by atoms with Crippen molar-refractivity contribution in [2.24, 2.45) is 11.8 Å². The van der Waals surface area contributed by atoms with E-state index < -0.39 is 5.92 Å². The van der Waals surface area contributed by atoms with E-state index in [9.17, 15) is 13.6 Å². The van der Waals surface area contributed by atoms with Crippen LogP contribution in [0.4, 0.5) is 14.6 Å². The van der Waals surface area contributed by atoms with E-state index in [4.69, 9.17) is 16.3 Å². The Morgan fingerprint density at radius 1 is 1.29 bits per heavy atom. The van der Waals surface area contributed by atoms with Gasteiger partial charge in [-0.2, -0.15) is 5.10 Å². The normalized spacial score (nSPS) is 22.2. The van der Waals surface area contributed by atoms with Crippen LogP contribution in [0.1, 0.15) is 62.9 Å². The molecule has 2 saturated carbocycles. The van der Waals surface area contributed by atoms with E-state index in [2.05, 4.69) is 27.6 Å². The van der Waals surface area contributed by atoms with E-state index in [-0.39, 0.29) is 35.5 Å². The molecule has 0 unspecified atom stereocenters. The second-order valence-corrected chi connectivity index (χ2v) is 9.92. The van der Waals surface area contributed by atoms with E-state index >= 15 is 0 Å². The number of methoxy groups -OCH3 is 1. The first-order valence-corrected chi connectivity index (χ1v) is 12.3. The number of carbonyl (C=O) groups excluding carboxylic acids is 1. The minimum Gasteiger partial charge on any atom is -0.496 e. The number of nitrogens with one attached hydrogen (secondary N) is 2. The first-order chi connectivity index (χ1) is 16.2. The number of nitrogens with zero attached hydrogens (tertiary/aromatic N) is 3. The number of anilines is 1. The summed E-state index contributed by atoms with van der Waals surface area (Å²) in [5.74, 6) is -0.776. The fourth-order valence-corrected chi connectivity index (χ4v) is 5.08. The molecule has 2 aromatic rings. The van der Waals surface area contributed by atoms with Gasteiger partial charge in [0.15, 0.2) is 5.69 Å². The molecule has 2 aliphatic rings. The molecule has 0 spiro atoms. The van der Waals surface area contributed by atoms with Crippen LogP contribution in [0.15, 0.2) is 12.3 Å². The quantitative estimate of drug-likeness (QED) is 0.513. The highest BCUT2D eigenvalue weighted by Crippen LogP contribution is 2.41. The van der Waals surface area contributed by atoms with Gasteiger partial charge in [0.2, 0.25) is 0 Å². The molecule has 10 heteroatoms. The highest BCUT2D eigenvalue weighted by Gasteiger charge is 2.45. The summed E-state index contributed by atoms with van der Waals surface area (Å²) in [6.07, 6.45) is 5.75. The standard InChI is InChI=1S/C24H32ClF2N5O2/c1-4-32-22(17-13-28-19(9-18(17)34-3)30-16-10-24(26,27)11-16)20(25)21(31-32)23(33)29-12-15-7-5-14(2)6-8-15/h9,13-16H,4-8,10-12H2,1-3H3,(H,28,30)(H,29,33). The van der Waals surface area contributed by atoms with Crippen molar-refractivity contribution in [2.75, 3.05) is 19.0 Å². The van der Waals surface area contributed by atoms with Crippen molar-refractivity contribution in [3.8, 4) is 17.0 Å². The number of amides is 1. The summed E-state index contributed by atoms with van der Waals surface area (Å²) in [5.41, 5.74) is 1.28. The van der Waals surface area contributed by atoms with Crippen LogP contribution in [0.25, 0.3) is 11.3 Å². The fourth-order valence-electron chi connectivity index (χ4n) is 4.76. The minimum atomic E-state index is -2.62. The van der Waals surface area contributed by atoms with Gasteiger partial charge in [-0.3, -0.25) is 9.48 Å². The SMILES string of the molecule is CCn1nc(C(=O)NCC2CCC(C)CC2)c(Cl)c1-c1cnc(NC2CC(F)(F)C2)cc1OC. The molecular weight excluding hydrogens is 464 g/mol. The third-order valence-electron chi connectivity index (χ3n) is 6.88. The summed E-state index contributed by atoms with van der Waals surface area (Å²) in [6.45, 7) is 5.28. The Hall–Kier alpha value is -2.42. The van der Waals surface area contributed by atoms with Gasteiger partial charge in [-0.05, 0) is 31.6 Å². The maximum atomic E-state index is 13.2. The number of aromatic nitrogens is 3. The van der Waals surface area contributed by atoms with Crippen LogP contribution < -0.4 is 15.4 Å². The molecule has 1 amide bonds. The Bertz CT molecular complexity index is 1030. The van der Waals surface area contributed by atoms with Crippen molar-refractivity contribution in [3.05, 3.63) is 23.0 Å². The van der Waals surface area contributed by atoms with E-state index in [0.29, 0.717) is 41.8 Å². The van der Waals surface area contributed by atoms with Crippen molar-refractivity contribution in [3.63, 3.8) is 0 Å². The molecule has 0 aromatic carbocycles. The summed E-state index contributed by atoms with van der Waals surface area (Å²) < 4.78 is 33.5. The van der Waals surface area contributed by atoms with E-state index in [1.807, 2.05) is 6.92 Å². The van der Waals surface area contributed by atoms with Gasteiger partial charge < -0.3 is 15.4 Å². The topological polar surface area (TPSA) is 81.1 Å². The zero-order chi connectivity index (χ0) is 24.5. The van der Waals surface area contributed by atoms with Crippen molar-refractivity contribution in [1.29, 1.82) is 0 Å². The highest BCUT2D eigenvalue weighted by molar-refractivity contribution is 6.36. The van der Waals surface area contributed by atoms with Gasteiger partial charge in [0.25, 0.3) is 11.8 Å². The van der Waals surface area contributed by atoms with Crippen molar-refractivity contribution < 1.29 is 18.3 Å². The highest BCUT2D eigenvalue weighted by atomic mass is 35.5. The summed E-state index contributed by atoms with van der Waals surface area (Å²) in [4.78, 5) is 17.3. The van der Waals surface area contributed by atoms with Crippen LogP contribution in [-0.2, 0) is 6.54 Å². The summed E-state index contributed by atoms with van der Waals surface area (Å²) in [6, 6.07) is 1.32. The molecule has 0 saturated heterocycles. The van der Waals surface area contributed by atoms with Crippen molar-refractivity contribution in [2.45, 2.75) is 70.9 Å². The molecular formula is C24H32ClF2N5O2. The lowest BCUT2D eigenvalue weighted by Gasteiger charge is -2.35. The molecule has 2 aliphatic carbocycles. The maximum Gasteiger partial charge on any atom is 0.273 e. The number of hydrogen-bond donors (Lipinski definition) is 2. The second kappa shape index (κ2) is 10.1. The molecule has 2 N–H and O–H groups in total. The largest absolute Gasteiger partial charge is 0.496 e. The Morgan fingerprint density at radius 3 is 2.62 bits per heavy atom. The number of ether oxygens (including phenoxy) is 1. The zero-order valence-corrected chi connectivity index (χ0v) is 20.6. The van der Waals surface area contributed by atoms with Gasteiger partial charge in [-0.15, -0.1) is 0 Å². The van der Waals surface area contributed by atoms with Crippen LogP contribution >= 0.6 is 11.6 Å². The number of aryl methyl sites for hydroxylation is 1. The summed E-state index contributed by atoms with van der Waals surface area (Å²) in [7, 11) is 1.51. The summed E-state index contributed by atoms with van der Waals surface area (Å²) in [5, 5.41) is 10.7. The van der Waals surface area contributed by atoms with Crippen molar-refractivity contribution in [1.82, 2.24) is 20.1 Å². The van der Waals surface area contributed by atoms with E-state index in [0.717, 1.165) is 18.8 Å². The minimum absolute atomic E-state index is 0.170. The molecule has 4 rings (SSSR count). The van der Waals surface area contributed by atoms with Crippen LogP contribution in [-0.4, -0.2) is 46.3 Å². The molecule has 2 heterocycles. The third-order valence-corrected chi connectivity index (χ3v) is 7.24.